The average Bonchev–Trinajstić information content (AvgIpc) is 3.40. The summed E-state index contributed by atoms with van der Waals surface area (Å²) < 4.78 is 15.6. The number of nitrogens with zero attached hydrogens (tertiary/aromatic N) is 3. The van der Waals surface area contributed by atoms with Crippen LogP contribution in [-0.4, -0.2) is 51.0 Å². The molecule has 1 fully saturated rings. The molecule has 1 atom stereocenters. The number of hydrogen-bond acceptors (Lipinski definition) is 2. The van der Waals surface area contributed by atoms with Crippen LogP contribution in [0.25, 0.3) is 0 Å². The molecule has 160 valence electrons. The molecule has 4 rings (SSSR count). The molecule has 1 aliphatic carbocycles. The van der Waals surface area contributed by atoms with Crippen molar-refractivity contribution in [3.8, 4) is 0 Å². The van der Waals surface area contributed by atoms with Crippen LogP contribution in [0.1, 0.15) is 50.9 Å². The molecule has 0 unspecified atom stereocenters. The highest BCUT2D eigenvalue weighted by Gasteiger charge is 2.38. The third kappa shape index (κ3) is 4.35. The highest BCUT2D eigenvalue weighted by Crippen LogP contribution is 2.33. The first-order valence-electron chi connectivity index (χ1n) is 10.5. The predicted molar refractivity (Wildman–Crippen MR) is 112 cm³/mol. The number of amides is 3. The van der Waals surface area contributed by atoms with Crippen molar-refractivity contribution < 1.29 is 14.0 Å². The SMILES string of the molecule is CC(C)(C)NC(=O)N(CC(=O)N1CCn2cccc2[C@H]1c1ccc(F)cc1)C1CC1. The minimum Gasteiger partial charge on any atom is -0.348 e. The summed E-state index contributed by atoms with van der Waals surface area (Å²) in [7, 11) is 0. The number of carbonyl (C=O) groups is 2. The van der Waals surface area contributed by atoms with E-state index in [1.807, 2.05) is 44.0 Å². The van der Waals surface area contributed by atoms with Gasteiger partial charge in [-0.15, -0.1) is 0 Å². The van der Waals surface area contributed by atoms with Crippen molar-refractivity contribution in [3.05, 3.63) is 59.7 Å². The fourth-order valence-electron chi connectivity index (χ4n) is 4.03. The van der Waals surface area contributed by atoms with Crippen LogP contribution in [0.2, 0.25) is 0 Å². The average molecular weight is 413 g/mol. The van der Waals surface area contributed by atoms with Crippen LogP contribution in [0, 0.1) is 5.82 Å². The van der Waals surface area contributed by atoms with Crippen molar-refractivity contribution in [2.75, 3.05) is 13.1 Å². The van der Waals surface area contributed by atoms with Crippen LogP contribution < -0.4 is 5.32 Å². The smallest absolute Gasteiger partial charge is 0.318 e. The van der Waals surface area contributed by atoms with E-state index in [0.717, 1.165) is 24.1 Å². The molecular weight excluding hydrogens is 383 g/mol. The molecule has 1 aliphatic heterocycles. The van der Waals surface area contributed by atoms with Crippen LogP contribution in [-0.2, 0) is 11.3 Å². The van der Waals surface area contributed by atoms with E-state index < -0.39 is 0 Å². The molecule has 0 saturated heterocycles. The second-order valence-corrected chi connectivity index (χ2v) is 9.21. The molecule has 0 radical (unpaired) electrons. The molecule has 1 N–H and O–H groups in total. The molecule has 0 spiro atoms. The highest BCUT2D eigenvalue weighted by atomic mass is 19.1. The Morgan fingerprint density at radius 2 is 1.83 bits per heavy atom. The Morgan fingerprint density at radius 3 is 2.47 bits per heavy atom. The highest BCUT2D eigenvalue weighted by molar-refractivity contribution is 5.85. The Bertz CT molecular complexity index is 927. The van der Waals surface area contributed by atoms with Gasteiger partial charge in [0.15, 0.2) is 0 Å². The van der Waals surface area contributed by atoms with Gasteiger partial charge in [-0.2, -0.15) is 0 Å². The lowest BCUT2D eigenvalue weighted by atomic mass is 9.99. The van der Waals surface area contributed by atoms with Crippen LogP contribution in [0.15, 0.2) is 42.6 Å². The van der Waals surface area contributed by atoms with Gasteiger partial charge in [-0.05, 0) is 63.4 Å². The molecule has 2 heterocycles. The van der Waals surface area contributed by atoms with E-state index in [2.05, 4.69) is 9.88 Å². The third-order valence-corrected chi connectivity index (χ3v) is 5.58. The summed E-state index contributed by atoms with van der Waals surface area (Å²) in [6.45, 7) is 7.08. The first-order chi connectivity index (χ1) is 14.2. The number of hydrogen-bond donors (Lipinski definition) is 1. The summed E-state index contributed by atoms with van der Waals surface area (Å²) in [4.78, 5) is 29.7. The van der Waals surface area contributed by atoms with Gasteiger partial charge in [-0.3, -0.25) is 4.79 Å². The number of urea groups is 1. The maximum absolute atomic E-state index is 13.5. The van der Waals surface area contributed by atoms with Crippen molar-refractivity contribution in [1.29, 1.82) is 0 Å². The first kappa shape index (κ1) is 20.4. The topological polar surface area (TPSA) is 57.6 Å². The van der Waals surface area contributed by atoms with Crippen LogP contribution >= 0.6 is 0 Å². The van der Waals surface area contributed by atoms with Crippen molar-refractivity contribution >= 4 is 11.9 Å². The fraction of sp³-hybridized carbons (Fsp3) is 0.478. The number of carbonyl (C=O) groups excluding carboxylic acids is 2. The zero-order chi connectivity index (χ0) is 21.5. The minimum absolute atomic E-state index is 0.0466. The summed E-state index contributed by atoms with van der Waals surface area (Å²) in [5.74, 6) is -0.394. The molecule has 2 aromatic rings. The normalized spacial score (nSPS) is 18.7. The van der Waals surface area contributed by atoms with E-state index in [4.69, 9.17) is 0 Å². The van der Waals surface area contributed by atoms with Crippen molar-refractivity contribution in [1.82, 2.24) is 19.7 Å². The van der Waals surface area contributed by atoms with Gasteiger partial charge in [0.05, 0.1) is 6.04 Å². The van der Waals surface area contributed by atoms with Gasteiger partial charge in [0.25, 0.3) is 0 Å². The molecule has 6 nitrogen and oxygen atoms in total. The Hall–Kier alpha value is -2.83. The van der Waals surface area contributed by atoms with E-state index in [0.29, 0.717) is 13.1 Å². The van der Waals surface area contributed by atoms with Crippen LogP contribution in [0.4, 0.5) is 9.18 Å². The third-order valence-electron chi connectivity index (χ3n) is 5.58. The summed E-state index contributed by atoms with van der Waals surface area (Å²) >= 11 is 0. The van der Waals surface area contributed by atoms with Crippen LogP contribution in [0.5, 0.6) is 0 Å². The van der Waals surface area contributed by atoms with Gasteiger partial charge >= 0.3 is 6.03 Å². The van der Waals surface area contributed by atoms with E-state index in [-0.39, 0.29) is 41.9 Å². The fourth-order valence-corrected chi connectivity index (χ4v) is 4.03. The Labute approximate surface area is 176 Å². The summed E-state index contributed by atoms with van der Waals surface area (Å²) in [6, 6.07) is 9.90. The van der Waals surface area contributed by atoms with Gasteiger partial charge in [0.1, 0.15) is 12.4 Å². The van der Waals surface area contributed by atoms with E-state index in [1.165, 1.54) is 12.1 Å². The maximum atomic E-state index is 13.5. The molecule has 1 saturated carbocycles. The predicted octanol–water partition coefficient (Wildman–Crippen LogP) is 3.53. The van der Waals surface area contributed by atoms with Gasteiger partial charge < -0.3 is 19.7 Å². The molecule has 7 heteroatoms. The largest absolute Gasteiger partial charge is 0.348 e. The first-order valence-corrected chi connectivity index (χ1v) is 10.5. The van der Waals surface area contributed by atoms with Crippen molar-refractivity contribution in [2.45, 2.75) is 57.8 Å². The second kappa shape index (κ2) is 7.78. The summed E-state index contributed by atoms with van der Waals surface area (Å²) in [5.41, 5.74) is 1.50. The van der Waals surface area contributed by atoms with Gasteiger partial charge in [0, 0.05) is 36.6 Å². The van der Waals surface area contributed by atoms with Gasteiger partial charge in [-0.25, -0.2) is 9.18 Å². The zero-order valence-electron chi connectivity index (χ0n) is 17.8. The number of benzene rings is 1. The Kier molecular flexibility index (Phi) is 5.30. The number of rotatable bonds is 4. The monoisotopic (exact) mass is 412 g/mol. The Morgan fingerprint density at radius 1 is 1.13 bits per heavy atom. The van der Waals surface area contributed by atoms with E-state index in [9.17, 15) is 14.0 Å². The molecule has 3 amide bonds. The lowest BCUT2D eigenvalue weighted by molar-refractivity contribution is -0.134. The number of nitrogens with one attached hydrogen (secondary N) is 1. The molecule has 1 aromatic heterocycles. The van der Waals surface area contributed by atoms with Gasteiger partial charge in [-0.1, -0.05) is 12.1 Å². The maximum Gasteiger partial charge on any atom is 0.318 e. The van der Waals surface area contributed by atoms with Crippen LogP contribution in [0.3, 0.4) is 0 Å². The minimum atomic E-state index is -0.365. The standard InChI is InChI=1S/C23H29FN4O2/c1-23(2,3)25-22(30)28(18-10-11-18)15-20(29)27-14-13-26-12-4-5-19(26)21(27)16-6-8-17(24)9-7-16/h4-9,12,18,21H,10-11,13-15H2,1-3H3,(H,25,30)/t21-/m1/s1. The number of aromatic nitrogens is 1. The zero-order valence-corrected chi connectivity index (χ0v) is 17.8. The van der Waals surface area contributed by atoms with Gasteiger partial charge in [0.2, 0.25) is 5.91 Å². The second-order valence-electron chi connectivity index (χ2n) is 9.21. The molecular formula is C23H29FN4O2. The summed E-state index contributed by atoms with van der Waals surface area (Å²) in [6.07, 6.45) is 3.85. The van der Waals surface area contributed by atoms with E-state index in [1.54, 1.807) is 17.0 Å². The number of halogens is 1. The Balaban J connectivity index is 1.58. The molecule has 0 bridgehead atoms. The van der Waals surface area contributed by atoms with Crippen molar-refractivity contribution in [2.24, 2.45) is 0 Å². The molecule has 1 aromatic carbocycles. The lowest BCUT2D eigenvalue weighted by Crippen LogP contribution is -2.53. The lowest BCUT2D eigenvalue weighted by Gasteiger charge is -2.38. The quantitative estimate of drug-likeness (QED) is 0.835. The number of fused-ring (bicyclic) bond motifs is 1. The molecule has 30 heavy (non-hydrogen) atoms. The van der Waals surface area contributed by atoms with E-state index >= 15 is 0 Å². The summed E-state index contributed by atoms with van der Waals surface area (Å²) in [5, 5.41) is 2.98. The van der Waals surface area contributed by atoms with Crippen molar-refractivity contribution in [3.63, 3.8) is 0 Å². The molecule has 2 aliphatic rings.